The van der Waals surface area contributed by atoms with Crippen LogP contribution >= 0.6 is 0 Å². The molecule has 1 heteroatoms. The van der Waals surface area contributed by atoms with Crippen molar-refractivity contribution in [3.8, 4) is 5.69 Å². The second-order valence-corrected chi connectivity index (χ2v) is 14.3. The first kappa shape index (κ1) is 27.6. The molecule has 2 aliphatic rings. The summed E-state index contributed by atoms with van der Waals surface area (Å²) in [6, 6.07) is 25.4. The zero-order chi connectivity index (χ0) is 29.2. The number of fused-ring (bicyclic) bond motifs is 3. The van der Waals surface area contributed by atoms with E-state index in [1.165, 1.54) is 55.7 Å². The third-order valence-electron chi connectivity index (χ3n) is 9.74. The van der Waals surface area contributed by atoms with E-state index in [1.807, 2.05) is 0 Å². The molecule has 210 valence electrons. The molecule has 3 aromatic carbocycles. The Bertz CT molecular complexity index is 1720. The normalized spacial score (nSPS) is 18.4. The Labute approximate surface area is 247 Å². The lowest BCUT2D eigenvalue weighted by atomic mass is 9.71. The van der Waals surface area contributed by atoms with Gasteiger partial charge in [-0.15, -0.1) is 0 Å². The minimum Gasteiger partial charge on any atom is -0.310 e. The summed E-state index contributed by atoms with van der Waals surface area (Å²) in [5.74, 6) is 0.603. The highest BCUT2D eigenvalue weighted by Crippen LogP contribution is 2.43. The molecule has 1 aromatic heterocycles. The molecule has 0 bridgehead atoms. The van der Waals surface area contributed by atoms with Gasteiger partial charge in [-0.1, -0.05) is 121 Å². The number of nitrogens with zero attached hydrogens (tertiary/aromatic N) is 1. The zero-order valence-corrected chi connectivity index (χ0v) is 26.2. The lowest BCUT2D eigenvalue weighted by molar-refractivity contribution is 0.476. The van der Waals surface area contributed by atoms with Gasteiger partial charge in [-0.3, -0.25) is 0 Å². The lowest BCUT2D eigenvalue weighted by Crippen LogP contribution is -2.25. The van der Waals surface area contributed by atoms with Gasteiger partial charge in [0, 0.05) is 27.6 Å². The van der Waals surface area contributed by atoms with Gasteiger partial charge in [-0.2, -0.15) is 0 Å². The maximum atomic E-state index is 2.53. The van der Waals surface area contributed by atoms with E-state index in [0.29, 0.717) is 5.92 Å². The van der Waals surface area contributed by atoms with E-state index in [9.17, 15) is 0 Å². The van der Waals surface area contributed by atoms with E-state index in [0.717, 1.165) is 12.8 Å². The van der Waals surface area contributed by atoms with Crippen LogP contribution in [0.2, 0.25) is 0 Å². The average molecular weight is 540 g/mol. The fraction of sp³-hybridized carbons (Fsp3) is 0.350. The lowest BCUT2D eigenvalue weighted by Gasteiger charge is -2.33. The smallest absolute Gasteiger partial charge is 0.0537 e. The molecule has 0 saturated carbocycles. The van der Waals surface area contributed by atoms with E-state index in [4.69, 9.17) is 0 Å². The van der Waals surface area contributed by atoms with E-state index < -0.39 is 0 Å². The summed E-state index contributed by atoms with van der Waals surface area (Å²) in [5.41, 5.74) is 12.0. The van der Waals surface area contributed by atoms with Gasteiger partial charge in [0.1, 0.15) is 0 Å². The Morgan fingerprint density at radius 2 is 1.51 bits per heavy atom. The fourth-order valence-corrected chi connectivity index (χ4v) is 6.79. The van der Waals surface area contributed by atoms with Crippen LogP contribution in [0.5, 0.6) is 0 Å². The van der Waals surface area contributed by atoms with Crippen molar-refractivity contribution in [3.63, 3.8) is 0 Å². The van der Waals surface area contributed by atoms with Crippen LogP contribution in [-0.2, 0) is 17.3 Å². The molecule has 0 N–H and O–H groups in total. The molecule has 1 unspecified atom stereocenters. The second-order valence-electron chi connectivity index (χ2n) is 14.3. The predicted molar refractivity (Wildman–Crippen MR) is 177 cm³/mol. The van der Waals surface area contributed by atoms with E-state index in [2.05, 4.69) is 157 Å². The summed E-state index contributed by atoms with van der Waals surface area (Å²) in [6.07, 6.45) is 14.1. The van der Waals surface area contributed by atoms with Gasteiger partial charge < -0.3 is 4.57 Å². The first-order chi connectivity index (χ1) is 19.4. The van der Waals surface area contributed by atoms with Crippen LogP contribution in [0.15, 0.2) is 96.6 Å². The number of benzene rings is 3. The summed E-state index contributed by atoms with van der Waals surface area (Å²) >= 11 is 0. The molecule has 2 aliphatic carbocycles. The van der Waals surface area contributed by atoms with Crippen LogP contribution in [0.4, 0.5) is 0 Å². The van der Waals surface area contributed by atoms with Gasteiger partial charge in [0.2, 0.25) is 0 Å². The quantitative estimate of drug-likeness (QED) is 0.238. The Morgan fingerprint density at radius 3 is 2.20 bits per heavy atom. The molecular formula is C40H45N. The molecule has 1 heterocycles. The van der Waals surface area contributed by atoms with E-state index in [-0.39, 0.29) is 16.2 Å². The van der Waals surface area contributed by atoms with Crippen molar-refractivity contribution in [2.24, 2.45) is 11.3 Å². The molecule has 0 amide bonds. The maximum absolute atomic E-state index is 2.53. The van der Waals surface area contributed by atoms with Gasteiger partial charge >= 0.3 is 0 Å². The van der Waals surface area contributed by atoms with Crippen molar-refractivity contribution in [2.45, 2.75) is 79.1 Å². The number of hydrogen-bond acceptors (Lipinski definition) is 0. The predicted octanol–water partition coefficient (Wildman–Crippen LogP) is 10.7. The summed E-state index contributed by atoms with van der Waals surface area (Å²) in [4.78, 5) is 0. The molecule has 1 atom stereocenters. The minimum absolute atomic E-state index is 0.119. The van der Waals surface area contributed by atoms with Gasteiger partial charge in [-0.25, -0.2) is 0 Å². The van der Waals surface area contributed by atoms with Crippen LogP contribution in [-0.4, -0.2) is 4.57 Å². The molecule has 0 spiro atoms. The highest BCUT2D eigenvalue weighted by molar-refractivity contribution is 5.91. The number of aryl methyl sites for hydroxylation is 1. The third kappa shape index (κ3) is 4.84. The van der Waals surface area contributed by atoms with Crippen molar-refractivity contribution in [3.05, 3.63) is 130 Å². The van der Waals surface area contributed by atoms with Gasteiger partial charge in [0.05, 0.1) is 5.52 Å². The van der Waals surface area contributed by atoms with E-state index >= 15 is 0 Å². The van der Waals surface area contributed by atoms with Crippen LogP contribution < -0.4 is 0 Å². The Kier molecular flexibility index (Phi) is 6.57. The molecule has 41 heavy (non-hydrogen) atoms. The number of rotatable bonds is 5. The third-order valence-corrected chi connectivity index (χ3v) is 9.74. The van der Waals surface area contributed by atoms with Crippen LogP contribution in [0, 0.1) is 18.3 Å². The molecular weight excluding hydrogens is 494 g/mol. The van der Waals surface area contributed by atoms with Gasteiger partial charge in [0.15, 0.2) is 0 Å². The summed E-state index contributed by atoms with van der Waals surface area (Å²) in [7, 11) is 0. The largest absolute Gasteiger partial charge is 0.310 e. The summed E-state index contributed by atoms with van der Waals surface area (Å²) in [6.45, 7) is 18.7. The first-order valence-corrected chi connectivity index (χ1v) is 15.3. The standard InChI is InChI=1S/C40H45N/c1-27-14-17-30(18-15-27)40(7,8)32-23-31(39(5,6)29-12-10-9-11-13-29)24-33(25-32)41-36-19-16-28(2)22-34(36)35-26-38(3,4)21-20-37(35)41/h9-14,16-25,27H,15,26H2,1-8H3. The van der Waals surface area contributed by atoms with E-state index in [1.54, 1.807) is 0 Å². The molecule has 0 aliphatic heterocycles. The molecule has 4 aromatic rings. The Hall–Kier alpha value is -3.58. The minimum atomic E-state index is -0.148. The number of allylic oxidation sites excluding steroid dienone is 5. The van der Waals surface area contributed by atoms with Gasteiger partial charge in [0.25, 0.3) is 0 Å². The van der Waals surface area contributed by atoms with Crippen molar-refractivity contribution >= 4 is 17.0 Å². The average Bonchev–Trinajstić information content (AvgIpc) is 3.25. The molecule has 6 rings (SSSR count). The monoisotopic (exact) mass is 539 g/mol. The van der Waals surface area contributed by atoms with Crippen molar-refractivity contribution in [1.82, 2.24) is 4.57 Å². The first-order valence-electron chi connectivity index (χ1n) is 15.3. The summed E-state index contributed by atoms with van der Waals surface area (Å²) < 4.78 is 2.53. The number of hydrogen-bond donors (Lipinski definition) is 0. The fourth-order valence-electron chi connectivity index (χ4n) is 6.79. The Balaban J connectivity index is 1.63. The van der Waals surface area contributed by atoms with Crippen LogP contribution in [0.25, 0.3) is 22.7 Å². The van der Waals surface area contributed by atoms with Crippen molar-refractivity contribution in [2.75, 3.05) is 0 Å². The molecule has 1 nitrogen and oxygen atoms in total. The zero-order valence-electron chi connectivity index (χ0n) is 26.2. The SMILES string of the molecule is Cc1ccc2c(c1)c1c(n2-c2cc(C(C)(C)C3=CCC(C)C=C3)cc(C(C)(C)c3ccccc3)c2)C=CC(C)(C)C1. The molecule has 0 radical (unpaired) electrons. The van der Waals surface area contributed by atoms with Crippen molar-refractivity contribution < 1.29 is 0 Å². The van der Waals surface area contributed by atoms with Crippen LogP contribution in [0.1, 0.15) is 88.4 Å². The highest BCUT2D eigenvalue weighted by atomic mass is 15.0. The Morgan fingerprint density at radius 1 is 0.805 bits per heavy atom. The topological polar surface area (TPSA) is 4.93 Å². The highest BCUT2D eigenvalue weighted by Gasteiger charge is 2.32. The van der Waals surface area contributed by atoms with Gasteiger partial charge in [-0.05, 0) is 89.3 Å². The maximum Gasteiger partial charge on any atom is 0.0537 e. The van der Waals surface area contributed by atoms with Crippen molar-refractivity contribution in [1.29, 1.82) is 0 Å². The number of aromatic nitrogens is 1. The summed E-state index contributed by atoms with van der Waals surface area (Å²) in [5, 5.41) is 1.39. The second kappa shape index (κ2) is 9.76. The van der Waals surface area contributed by atoms with Crippen LogP contribution in [0.3, 0.4) is 0 Å². The molecule has 0 saturated heterocycles. The molecule has 0 fully saturated rings.